The summed E-state index contributed by atoms with van der Waals surface area (Å²) in [4.78, 5) is 20.5. The average Bonchev–Trinajstić information content (AvgIpc) is 2.63. The van der Waals surface area contributed by atoms with Gasteiger partial charge in [-0.3, -0.25) is 4.79 Å². The van der Waals surface area contributed by atoms with E-state index in [1.807, 2.05) is 6.92 Å². The topological polar surface area (TPSA) is 66.9 Å². The molecule has 3 rings (SSSR count). The number of benzene rings is 2. The SMILES string of the molecule is Cc1ccc(CNc2cc(C(=O)Nc3ccc(Cl)cc3)ncn2)cc1. The van der Waals surface area contributed by atoms with E-state index in [2.05, 4.69) is 44.9 Å². The molecule has 25 heavy (non-hydrogen) atoms. The first kappa shape index (κ1) is 16.9. The fraction of sp³-hybridized carbons (Fsp3) is 0.105. The quantitative estimate of drug-likeness (QED) is 0.718. The second-order valence-corrected chi connectivity index (χ2v) is 6.03. The Labute approximate surface area is 151 Å². The largest absolute Gasteiger partial charge is 0.366 e. The van der Waals surface area contributed by atoms with Crippen LogP contribution in [0.3, 0.4) is 0 Å². The first-order valence-corrected chi connectivity index (χ1v) is 8.16. The van der Waals surface area contributed by atoms with E-state index in [0.29, 0.717) is 23.1 Å². The molecule has 0 aliphatic heterocycles. The molecule has 0 saturated heterocycles. The average molecular weight is 353 g/mol. The summed E-state index contributed by atoms with van der Waals surface area (Å²) in [6, 6.07) is 16.7. The number of rotatable bonds is 5. The number of nitrogens with zero attached hydrogens (tertiary/aromatic N) is 2. The molecule has 0 aliphatic carbocycles. The predicted molar refractivity (Wildman–Crippen MR) is 99.9 cm³/mol. The minimum Gasteiger partial charge on any atom is -0.366 e. The fourth-order valence-electron chi connectivity index (χ4n) is 2.21. The zero-order valence-corrected chi connectivity index (χ0v) is 14.4. The van der Waals surface area contributed by atoms with E-state index in [-0.39, 0.29) is 11.6 Å². The Kier molecular flexibility index (Phi) is 5.26. The summed E-state index contributed by atoms with van der Waals surface area (Å²) in [7, 11) is 0. The van der Waals surface area contributed by atoms with Gasteiger partial charge >= 0.3 is 0 Å². The number of carbonyl (C=O) groups is 1. The number of anilines is 2. The van der Waals surface area contributed by atoms with Crippen LogP contribution in [0.25, 0.3) is 0 Å². The molecule has 6 heteroatoms. The van der Waals surface area contributed by atoms with Crippen molar-refractivity contribution in [3.8, 4) is 0 Å². The first-order chi connectivity index (χ1) is 12.1. The lowest BCUT2D eigenvalue weighted by molar-refractivity contribution is 0.102. The number of hydrogen-bond donors (Lipinski definition) is 2. The van der Waals surface area contributed by atoms with E-state index < -0.39 is 0 Å². The highest BCUT2D eigenvalue weighted by molar-refractivity contribution is 6.30. The highest BCUT2D eigenvalue weighted by atomic mass is 35.5. The number of aryl methyl sites for hydroxylation is 1. The van der Waals surface area contributed by atoms with Crippen LogP contribution < -0.4 is 10.6 Å². The molecule has 126 valence electrons. The van der Waals surface area contributed by atoms with Crippen molar-refractivity contribution in [2.45, 2.75) is 13.5 Å². The van der Waals surface area contributed by atoms with Crippen molar-refractivity contribution >= 4 is 29.0 Å². The molecule has 0 aliphatic rings. The van der Waals surface area contributed by atoms with Crippen LogP contribution in [0.2, 0.25) is 5.02 Å². The Balaban J connectivity index is 1.64. The van der Waals surface area contributed by atoms with Gasteiger partial charge in [-0.1, -0.05) is 41.4 Å². The number of carbonyl (C=O) groups excluding carboxylic acids is 1. The van der Waals surface area contributed by atoms with E-state index in [0.717, 1.165) is 5.56 Å². The van der Waals surface area contributed by atoms with Gasteiger partial charge in [0.1, 0.15) is 17.8 Å². The van der Waals surface area contributed by atoms with Crippen molar-refractivity contribution in [2.24, 2.45) is 0 Å². The molecule has 5 nitrogen and oxygen atoms in total. The van der Waals surface area contributed by atoms with Crippen LogP contribution in [0.4, 0.5) is 11.5 Å². The summed E-state index contributed by atoms with van der Waals surface area (Å²) < 4.78 is 0. The third-order valence-corrected chi connectivity index (χ3v) is 3.85. The highest BCUT2D eigenvalue weighted by Gasteiger charge is 2.09. The smallest absolute Gasteiger partial charge is 0.274 e. The molecule has 0 unspecified atom stereocenters. The summed E-state index contributed by atoms with van der Waals surface area (Å²) in [5.74, 6) is 0.292. The molecular weight excluding hydrogens is 336 g/mol. The van der Waals surface area contributed by atoms with Gasteiger partial charge in [0.05, 0.1) is 0 Å². The summed E-state index contributed by atoms with van der Waals surface area (Å²) in [5.41, 5.74) is 3.29. The first-order valence-electron chi connectivity index (χ1n) is 7.78. The van der Waals surface area contributed by atoms with Crippen LogP contribution in [0.15, 0.2) is 60.9 Å². The van der Waals surface area contributed by atoms with Crippen LogP contribution in [0, 0.1) is 6.92 Å². The van der Waals surface area contributed by atoms with Gasteiger partial charge in [0.15, 0.2) is 0 Å². The predicted octanol–water partition coefficient (Wildman–Crippen LogP) is 4.30. The molecule has 3 aromatic rings. The number of amides is 1. The Morgan fingerprint density at radius 2 is 1.76 bits per heavy atom. The maximum absolute atomic E-state index is 12.3. The summed E-state index contributed by atoms with van der Waals surface area (Å²) in [5, 5.41) is 6.59. The Morgan fingerprint density at radius 3 is 2.48 bits per heavy atom. The molecule has 2 N–H and O–H groups in total. The molecule has 2 aromatic carbocycles. The molecule has 0 saturated carbocycles. The third-order valence-electron chi connectivity index (χ3n) is 3.60. The van der Waals surface area contributed by atoms with Crippen LogP contribution in [-0.2, 0) is 6.54 Å². The number of nitrogens with one attached hydrogen (secondary N) is 2. The van der Waals surface area contributed by atoms with E-state index in [4.69, 9.17) is 11.6 Å². The summed E-state index contributed by atoms with van der Waals surface area (Å²) in [6.45, 7) is 2.67. The van der Waals surface area contributed by atoms with E-state index in [1.54, 1.807) is 30.3 Å². The Hall–Kier alpha value is -2.92. The van der Waals surface area contributed by atoms with Gasteiger partial charge in [-0.2, -0.15) is 0 Å². The van der Waals surface area contributed by atoms with Gasteiger partial charge in [-0.05, 0) is 36.8 Å². The van der Waals surface area contributed by atoms with Crippen molar-refractivity contribution in [1.29, 1.82) is 0 Å². The molecule has 0 radical (unpaired) electrons. The van der Waals surface area contributed by atoms with Crippen molar-refractivity contribution in [2.75, 3.05) is 10.6 Å². The van der Waals surface area contributed by atoms with Gasteiger partial charge < -0.3 is 10.6 Å². The van der Waals surface area contributed by atoms with Gasteiger partial charge in [0.2, 0.25) is 0 Å². The molecule has 0 bridgehead atoms. The second-order valence-electron chi connectivity index (χ2n) is 5.59. The van der Waals surface area contributed by atoms with Crippen molar-refractivity contribution in [3.63, 3.8) is 0 Å². The van der Waals surface area contributed by atoms with Crippen LogP contribution >= 0.6 is 11.6 Å². The Morgan fingerprint density at radius 1 is 1.04 bits per heavy atom. The lowest BCUT2D eigenvalue weighted by atomic mass is 10.1. The van der Waals surface area contributed by atoms with Crippen molar-refractivity contribution in [1.82, 2.24) is 9.97 Å². The van der Waals surface area contributed by atoms with Gasteiger partial charge in [0, 0.05) is 23.3 Å². The lowest BCUT2D eigenvalue weighted by Crippen LogP contribution is -2.14. The maximum Gasteiger partial charge on any atom is 0.274 e. The lowest BCUT2D eigenvalue weighted by Gasteiger charge is -2.08. The van der Waals surface area contributed by atoms with E-state index >= 15 is 0 Å². The number of aromatic nitrogens is 2. The molecular formula is C19H17ClN4O. The third kappa shape index (κ3) is 4.78. The highest BCUT2D eigenvalue weighted by Crippen LogP contribution is 2.15. The zero-order valence-electron chi connectivity index (χ0n) is 13.7. The minimum absolute atomic E-state index is 0.288. The van der Waals surface area contributed by atoms with Gasteiger partial charge in [-0.15, -0.1) is 0 Å². The standard InChI is InChI=1S/C19H17ClN4O/c1-13-2-4-14(5-3-13)11-21-18-10-17(22-12-23-18)19(25)24-16-8-6-15(20)7-9-16/h2-10,12H,11H2,1H3,(H,24,25)(H,21,22,23). The van der Waals surface area contributed by atoms with Crippen LogP contribution in [0.1, 0.15) is 21.6 Å². The van der Waals surface area contributed by atoms with Crippen LogP contribution in [-0.4, -0.2) is 15.9 Å². The van der Waals surface area contributed by atoms with Gasteiger partial charge in [0.25, 0.3) is 5.91 Å². The van der Waals surface area contributed by atoms with Crippen molar-refractivity contribution in [3.05, 3.63) is 82.8 Å². The van der Waals surface area contributed by atoms with Gasteiger partial charge in [-0.25, -0.2) is 9.97 Å². The van der Waals surface area contributed by atoms with E-state index in [9.17, 15) is 4.79 Å². The maximum atomic E-state index is 12.3. The Bertz CT molecular complexity index is 863. The molecule has 1 heterocycles. The normalized spacial score (nSPS) is 10.3. The molecule has 1 amide bonds. The monoisotopic (exact) mass is 352 g/mol. The number of halogens is 1. The molecule has 0 fully saturated rings. The summed E-state index contributed by atoms with van der Waals surface area (Å²) >= 11 is 5.84. The fourth-order valence-corrected chi connectivity index (χ4v) is 2.33. The van der Waals surface area contributed by atoms with Crippen LogP contribution in [0.5, 0.6) is 0 Å². The molecule has 0 spiro atoms. The zero-order chi connectivity index (χ0) is 17.6. The minimum atomic E-state index is -0.303. The van der Waals surface area contributed by atoms with Crippen molar-refractivity contribution < 1.29 is 4.79 Å². The second kappa shape index (κ2) is 7.77. The summed E-state index contributed by atoms with van der Waals surface area (Å²) in [6.07, 6.45) is 1.37. The van der Waals surface area contributed by atoms with E-state index in [1.165, 1.54) is 11.9 Å². The molecule has 1 aromatic heterocycles. The number of hydrogen-bond acceptors (Lipinski definition) is 4. The molecule has 0 atom stereocenters.